The molecule has 0 unspecified atom stereocenters. The van der Waals surface area contributed by atoms with Gasteiger partial charge in [-0.25, -0.2) is 0 Å². The molecule has 0 aliphatic carbocycles. The number of halogens is 1. The number of hydrogen-bond donors (Lipinski definition) is 1. The second-order valence-electron chi connectivity index (χ2n) is 5.80. The van der Waals surface area contributed by atoms with Crippen molar-refractivity contribution in [3.8, 4) is 0 Å². The van der Waals surface area contributed by atoms with Gasteiger partial charge >= 0.3 is 0 Å². The summed E-state index contributed by atoms with van der Waals surface area (Å²) in [6.07, 6.45) is 21.9. The standard InChI is InChI=1S/C18H35NO.ClH/c1-2-3-4-5-6-7-8-9-10-11-12-13-14-15-16-17-18(19)20;/h9-10H,2-8,11-17H2,1H3,(H2,19,20);1H. The molecule has 0 radical (unpaired) electrons. The molecule has 0 aromatic rings. The first-order valence-electron chi connectivity index (χ1n) is 8.70. The van der Waals surface area contributed by atoms with Crippen molar-refractivity contribution >= 4 is 18.3 Å². The van der Waals surface area contributed by atoms with Gasteiger partial charge < -0.3 is 5.73 Å². The Balaban J connectivity index is 0. The average Bonchev–Trinajstić information content (AvgIpc) is 2.43. The summed E-state index contributed by atoms with van der Waals surface area (Å²) in [7, 11) is 0. The van der Waals surface area contributed by atoms with Gasteiger partial charge in [0.05, 0.1) is 0 Å². The van der Waals surface area contributed by atoms with E-state index in [2.05, 4.69) is 19.1 Å². The van der Waals surface area contributed by atoms with Gasteiger partial charge in [-0.1, -0.05) is 70.4 Å². The van der Waals surface area contributed by atoms with Crippen LogP contribution in [0.2, 0.25) is 0 Å². The van der Waals surface area contributed by atoms with E-state index >= 15 is 0 Å². The van der Waals surface area contributed by atoms with Crippen LogP contribution in [0.4, 0.5) is 0 Å². The van der Waals surface area contributed by atoms with Crippen molar-refractivity contribution in [2.24, 2.45) is 5.73 Å². The van der Waals surface area contributed by atoms with E-state index in [9.17, 15) is 4.79 Å². The molecular formula is C18H36ClNO. The van der Waals surface area contributed by atoms with Crippen LogP contribution < -0.4 is 5.73 Å². The lowest BCUT2D eigenvalue weighted by atomic mass is 10.1. The molecule has 21 heavy (non-hydrogen) atoms. The first kappa shape index (κ1) is 22.8. The first-order chi connectivity index (χ1) is 9.77. The molecule has 1 amide bonds. The summed E-state index contributed by atoms with van der Waals surface area (Å²) in [6.45, 7) is 2.26. The number of nitrogens with two attached hydrogens (primary N) is 1. The minimum atomic E-state index is -0.164. The van der Waals surface area contributed by atoms with Gasteiger partial charge in [0.1, 0.15) is 0 Å². The van der Waals surface area contributed by atoms with Gasteiger partial charge in [0.25, 0.3) is 0 Å². The molecule has 0 heterocycles. The van der Waals surface area contributed by atoms with E-state index in [-0.39, 0.29) is 18.3 Å². The average molecular weight is 318 g/mol. The third kappa shape index (κ3) is 21.9. The molecule has 0 aromatic heterocycles. The lowest BCUT2D eigenvalue weighted by Gasteiger charge is -1.99. The summed E-state index contributed by atoms with van der Waals surface area (Å²) < 4.78 is 0. The maximum Gasteiger partial charge on any atom is 0.217 e. The molecule has 0 aromatic carbocycles. The second kappa shape index (κ2) is 19.5. The van der Waals surface area contributed by atoms with Crippen LogP contribution in [0, 0.1) is 0 Å². The molecule has 3 heteroatoms. The van der Waals surface area contributed by atoms with Gasteiger partial charge in [-0.2, -0.15) is 0 Å². The van der Waals surface area contributed by atoms with Crippen molar-refractivity contribution in [2.75, 3.05) is 0 Å². The van der Waals surface area contributed by atoms with Gasteiger partial charge in [-0.3, -0.25) is 4.79 Å². The molecule has 0 rings (SSSR count). The summed E-state index contributed by atoms with van der Waals surface area (Å²) in [4.78, 5) is 10.5. The number of unbranched alkanes of at least 4 members (excludes halogenated alkanes) is 11. The molecule has 0 aliphatic heterocycles. The second-order valence-corrected chi connectivity index (χ2v) is 5.80. The highest BCUT2D eigenvalue weighted by atomic mass is 35.5. The Bertz CT molecular complexity index is 241. The minimum absolute atomic E-state index is 0. The van der Waals surface area contributed by atoms with E-state index in [1.54, 1.807) is 0 Å². The summed E-state index contributed by atoms with van der Waals surface area (Å²) in [5, 5.41) is 0. The topological polar surface area (TPSA) is 43.1 Å². The summed E-state index contributed by atoms with van der Waals surface area (Å²) in [5.41, 5.74) is 5.10. The van der Waals surface area contributed by atoms with E-state index in [0.29, 0.717) is 6.42 Å². The molecule has 0 saturated heterocycles. The van der Waals surface area contributed by atoms with Gasteiger partial charge in [-0.05, 0) is 32.1 Å². The van der Waals surface area contributed by atoms with Crippen molar-refractivity contribution in [1.29, 1.82) is 0 Å². The van der Waals surface area contributed by atoms with Gasteiger partial charge in [0, 0.05) is 6.42 Å². The van der Waals surface area contributed by atoms with Crippen molar-refractivity contribution < 1.29 is 4.79 Å². The fourth-order valence-corrected chi connectivity index (χ4v) is 2.37. The molecule has 0 saturated carbocycles. The number of carbonyl (C=O) groups excluding carboxylic acids is 1. The highest BCUT2D eigenvalue weighted by Crippen LogP contribution is 2.09. The Labute approximate surface area is 138 Å². The van der Waals surface area contributed by atoms with Crippen LogP contribution in [0.25, 0.3) is 0 Å². The van der Waals surface area contributed by atoms with Crippen LogP contribution in [0.15, 0.2) is 12.2 Å². The van der Waals surface area contributed by atoms with E-state index in [1.807, 2.05) is 0 Å². The first-order valence-corrected chi connectivity index (χ1v) is 8.70. The summed E-state index contributed by atoms with van der Waals surface area (Å²) >= 11 is 0. The molecule has 126 valence electrons. The third-order valence-corrected chi connectivity index (χ3v) is 3.68. The van der Waals surface area contributed by atoms with Crippen molar-refractivity contribution in [3.63, 3.8) is 0 Å². The number of rotatable bonds is 15. The van der Waals surface area contributed by atoms with Crippen molar-refractivity contribution in [1.82, 2.24) is 0 Å². The zero-order valence-corrected chi connectivity index (χ0v) is 14.8. The predicted molar refractivity (Wildman–Crippen MR) is 95.9 cm³/mol. The molecule has 0 spiro atoms. The Morgan fingerprint density at radius 2 is 1.19 bits per heavy atom. The van der Waals surface area contributed by atoms with Crippen LogP contribution in [0.3, 0.4) is 0 Å². The Morgan fingerprint density at radius 3 is 1.67 bits per heavy atom. The fraction of sp³-hybridized carbons (Fsp3) is 0.833. The summed E-state index contributed by atoms with van der Waals surface area (Å²) in [6, 6.07) is 0. The van der Waals surface area contributed by atoms with Crippen LogP contribution in [0.1, 0.15) is 96.8 Å². The number of allylic oxidation sites excluding steroid dienone is 2. The Kier molecular flexibility index (Phi) is 21.1. The van der Waals surface area contributed by atoms with E-state index in [4.69, 9.17) is 5.73 Å². The smallest absolute Gasteiger partial charge is 0.217 e. The molecular weight excluding hydrogens is 282 g/mol. The number of amides is 1. The molecule has 0 atom stereocenters. The molecule has 2 nitrogen and oxygen atoms in total. The van der Waals surface area contributed by atoms with Gasteiger partial charge in [-0.15, -0.1) is 12.4 Å². The maximum absolute atomic E-state index is 10.5. The number of carbonyl (C=O) groups is 1. The van der Waals surface area contributed by atoms with Crippen LogP contribution in [0.5, 0.6) is 0 Å². The maximum atomic E-state index is 10.5. The lowest BCUT2D eigenvalue weighted by Crippen LogP contribution is -2.09. The highest BCUT2D eigenvalue weighted by molar-refractivity contribution is 5.85. The summed E-state index contributed by atoms with van der Waals surface area (Å²) in [5.74, 6) is -0.164. The fourth-order valence-electron chi connectivity index (χ4n) is 2.37. The van der Waals surface area contributed by atoms with Crippen LogP contribution >= 0.6 is 12.4 Å². The van der Waals surface area contributed by atoms with Gasteiger partial charge in [0.2, 0.25) is 5.91 Å². The van der Waals surface area contributed by atoms with Crippen LogP contribution in [-0.4, -0.2) is 5.91 Å². The normalized spacial score (nSPS) is 10.7. The molecule has 2 N–H and O–H groups in total. The Hall–Kier alpha value is -0.500. The van der Waals surface area contributed by atoms with E-state index in [1.165, 1.54) is 70.6 Å². The number of hydrogen-bond acceptors (Lipinski definition) is 1. The van der Waals surface area contributed by atoms with Crippen molar-refractivity contribution in [2.45, 2.75) is 96.8 Å². The third-order valence-electron chi connectivity index (χ3n) is 3.68. The number of primary amides is 1. The van der Waals surface area contributed by atoms with Crippen LogP contribution in [-0.2, 0) is 4.79 Å². The zero-order chi connectivity index (χ0) is 14.9. The van der Waals surface area contributed by atoms with E-state index in [0.717, 1.165) is 12.8 Å². The molecule has 0 bridgehead atoms. The minimum Gasteiger partial charge on any atom is -0.370 e. The van der Waals surface area contributed by atoms with Crippen molar-refractivity contribution in [3.05, 3.63) is 12.2 Å². The SMILES string of the molecule is CCCCCCCCC=CCCCCCCCC(N)=O.Cl. The van der Waals surface area contributed by atoms with E-state index < -0.39 is 0 Å². The largest absolute Gasteiger partial charge is 0.370 e. The molecule has 0 fully saturated rings. The predicted octanol–water partition coefficient (Wildman–Crippen LogP) is 5.93. The quantitative estimate of drug-likeness (QED) is 0.295. The highest BCUT2D eigenvalue weighted by Gasteiger charge is 1.94. The lowest BCUT2D eigenvalue weighted by molar-refractivity contribution is -0.118. The zero-order valence-electron chi connectivity index (χ0n) is 13.9. The monoisotopic (exact) mass is 317 g/mol. The molecule has 0 aliphatic rings. The van der Waals surface area contributed by atoms with Gasteiger partial charge in [0.15, 0.2) is 0 Å². The Morgan fingerprint density at radius 1 is 0.762 bits per heavy atom.